The molecule has 0 radical (unpaired) electrons. The second-order valence-electron chi connectivity index (χ2n) is 6.36. The molecule has 0 unspecified atom stereocenters. The van der Waals surface area contributed by atoms with Gasteiger partial charge in [-0.05, 0) is 49.6 Å². The van der Waals surface area contributed by atoms with Crippen LogP contribution in [-0.2, 0) is 0 Å². The molecule has 0 aliphatic heterocycles. The third kappa shape index (κ3) is 3.06. The lowest BCUT2D eigenvalue weighted by Crippen LogP contribution is -1.98. The minimum absolute atomic E-state index is 0.255. The van der Waals surface area contributed by atoms with Gasteiger partial charge in [-0.25, -0.2) is 4.98 Å². The van der Waals surface area contributed by atoms with Gasteiger partial charge in [-0.1, -0.05) is 48.0 Å². The number of aromatic nitrogens is 2. The Balaban J connectivity index is 1.95. The van der Waals surface area contributed by atoms with E-state index in [2.05, 4.69) is 66.4 Å². The maximum atomic E-state index is 6.20. The summed E-state index contributed by atoms with van der Waals surface area (Å²) in [6.07, 6.45) is 0. The van der Waals surface area contributed by atoms with Crippen molar-refractivity contribution in [2.24, 2.45) is 0 Å². The van der Waals surface area contributed by atoms with E-state index in [4.69, 9.17) is 11.6 Å². The minimum Gasteiger partial charge on any atom is -0.339 e. The van der Waals surface area contributed by atoms with Crippen LogP contribution >= 0.6 is 22.9 Å². The summed E-state index contributed by atoms with van der Waals surface area (Å²) in [5.41, 5.74) is 5.74. The molecular formula is C21H18ClN3S. The van der Waals surface area contributed by atoms with Crippen molar-refractivity contribution >= 4 is 44.7 Å². The molecule has 0 bridgehead atoms. The summed E-state index contributed by atoms with van der Waals surface area (Å²) in [5, 5.41) is 4.73. The molecule has 0 saturated heterocycles. The van der Waals surface area contributed by atoms with Crippen molar-refractivity contribution in [3.63, 3.8) is 0 Å². The third-order valence-corrected chi connectivity index (χ3v) is 5.61. The third-order valence-electron chi connectivity index (χ3n) is 4.44. The van der Waals surface area contributed by atoms with Gasteiger partial charge in [0.2, 0.25) is 5.28 Å². The quantitative estimate of drug-likeness (QED) is 0.403. The molecule has 0 aliphatic carbocycles. The summed E-state index contributed by atoms with van der Waals surface area (Å²) in [6, 6.07) is 16.7. The maximum Gasteiger partial charge on any atom is 0.225 e. The number of rotatable bonds is 3. The largest absolute Gasteiger partial charge is 0.339 e. The molecule has 4 aromatic rings. The van der Waals surface area contributed by atoms with E-state index in [1.165, 1.54) is 10.4 Å². The van der Waals surface area contributed by atoms with Crippen LogP contribution in [0.5, 0.6) is 0 Å². The molecule has 2 heterocycles. The van der Waals surface area contributed by atoms with E-state index in [-0.39, 0.29) is 5.28 Å². The van der Waals surface area contributed by atoms with E-state index in [0.717, 1.165) is 38.4 Å². The molecule has 1 N–H and O–H groups in total. The zero-order chi connectivity index (χ0) is 18.3. The van der Waals surface area contributed by atoms with E-state index in [1.807, 2.05) is 18.2 Å². The normalized spacial score (nSPS) is 11.1. The smallest absolute Gasteiger partial charge is 0.225 e. The van der Waals surface area contributed by atoms with Gasteiger partial charge in [0.25, 0.3) is 0 Å². The number of halogens is 1. The van der Waals surface area contributed by atoms with Gasteiger partial charge >= 0.3 is 0 Å². The first kappa shape index (κ1) is 17.0. The first-order valence-corrected chi connectivity index (χ1v) is 9.58. The lowest BCUT2D eigenvalue weighted by molar-refractivity contribution is 1.23. The monoisotopic (exact) mass is 379 g/mol. The zero-order valence-electron chi connectivity index (χ0n) is 14.8. The van der Waals surface area contributed by atoms with Gasteiger partial charge in [-0.3, -0.25) is 0 Å². The Labute approximate surface area is 161 Å². The van der Waals surface area contributed by atoms with Gasteiger partial charge < -0.3 is 5.32 Å². The number of hydrogen-bond donors (Lipinski definition) is 1. The van der Waals surface area contributed by atoms with Crippen LogP contribution in [0.1, 0.15) is 16.0 Å². The Morgan fingerprint density at radius 1 is 0.923 bits per heavy atom. The van der Waals surface area contributed by atoms with Crippen molar-refractivity contribution in [1.29, 1.82) is 0 Å². The van der Waals surface area contributed by atoms with Crippen LogP contribution in [0.3, 0.4) is 0 Å². The summed E-state index contributed by atoms with van der Waals surface area (Å²) in [4.78, 5) is 11.1. The second-order valence-corrected chi connectivity index (χ2v) is 7.90. The summed E-state index contributed by atoms with van der Waals surface area (Å²) in [6.45, 7) is 6.28. The van der Waals surface area contributed by atoms with E-state index in [1.54, 1.807) is 11.3 Å². The number of fused-ring (bicyclic) bond motifs is 1. The zero-order valence-corrected chi connectivity index (χ0v) is 16.4. The van der Waals surface area contributed by atoms with E-state index >= 15 is 0 Å². The Bertz CT molecular complexity index is 1100. The van der Waals surface area contributed by atoms with Crippen LogP contribution in [-0.4, -0.2) is 9.97 Å². The summed E-state index contributed by atoms with van der Waals surface area (Å²) >= 11 is 7.85. The van der Waals surface area contributed by atoms with Gasteiger partial charge in [0.05, 0.1) is 5.39 Å². The number of benzene rings is 2. The standard InChI is InChI=1S/C21H18ClN3S/c1-12-8-10-15(11-9-12)17-14(3)26-20-18(17)19(24-21(22)25-20)23-16-7-5-4-6-13(16)2/h4-11H,1-3H3,(H,23,24,25). The topological polar surface area (TPSA) is 37.8 Å². The Morgan fingerprint density at radius 2 is 1.65 bits per heavy atom. The van der Waals surface area contributed by atoms with Gasteiger partial charge in [-0.2, -0.15) is 4.98 Å². The number of para-hydroxylation sites is 1. The Morgan fingerprint density at radius 3 is 2.38 bits per heavy atom. The molecule has 130 valence electrons. The van der Waals surface area contributed by atoms with Crippen molar-refractivity contribution in [2.75, 3.05) is 5.32 Å². The highest BCUT2D eigenvalue weighted by Gasteiger charge is 2.18. The highest BCUT2D eigenvalue weighted by atomic mass is 35.5. The molecule has 0 fully saturated rings. The summed E-state index contributed by atoms with van der Waals surface area (Å²) in [5.74, 6) is 0.745. The minimum atomic E-state index is 0.255. The van der Waals surface area contributed by atoms with Crippen LogP contribution in [0, 0.1) is 20.8 Å². The van der Waals surface area contributed by atoms with Crippen molar-refractivity contribution in [1.82, 2.24) is 9.97 Å². The summed E-state index contributed by atoms with van der Waals surface area (Å²) < 4.78 is 0. The average molecular weight is 380 g/mol. The summed E-state index contributed by atoms with van der Waals surface area (Å²) in [7, 11) is 0. The van der Waals surface area contributed by atoms with Crippen molar-refractivity contribution in [2.45, 2.75) is 20.8 Å². The number of nitrogens with one attached hydrogen (secondary N) is 1. The Kier molecular flexibility index (Phi) is 4.39. The number of thiophene rings is 1. The van der Waals surface area contributed by atoms with E-state index in [9.17, 15) is 0 Å². The van der Waals surface area contributed by atoms with E-state index in [0.29, 0.717) is 0 Å². The molecule has 0 aliphatic rings. The van der Waals surface area contributed by atoms with Crippen LogP contribution in [0.2, 0.25) is 5.28 Å². The fraction of sp³-hybridized carbons (Fsp3) is 0.143. The van der Waals surface area contributed by atoms with Gasteiger partial charge in [0, 0.05) is 16.1 Å². The maximum absolute atomic E-state index is 6.20. The number of nitrogens with zero attached hydrogens (tertiary/aromatic N) is 2. The van der Waals surface area contributed by atoms with Gasteiger partial charge in [0.15, 0.2) is 0 Å². The highest BCUT2D eigenvalue weighted by molar-refractivity contribution is 7.19. The SMILES string of the molecule is Cc1ccc(-c2c(C)sc3nc(Cl)nc(Nc4ccccc4C)c23)cc1. The van der Waals surface area contributed by atoms with Gasteiger partial charge in [-0.15, -0.1) is 11.3 Å². The van der Waals surface area contributed by atoms with Crippen molar-refractivity contribution in [3.8, 4) is 11.1 Å². The molecule has 0 atom stereocenters. The average Bonchev–Trinajstić information content (AvgIpc) is 2.93. The van der Waals surface area contributed by atoms with Crippen molar-refractivity contribution in [3.05, 3.63) is 69.8 Å². The fourth-order valence-corrected chi connectivity index (χ4v) is 4.35. The van der Waals surface area contributed by atoms with Crippen LogP contribution < -0.4 is 5.32 Å². The number of aryl methyl sites for hydroxylation is 3. The molecule has 0 amide bonds. The lowest BCUT2D eigenvalue weighted by atomic mass is 10.0. The molecule has 3 nitrogen and oxygen atoms in total. The second kappa shape index (κ2) is 6.71. The van der Waals surface area contributed by atoms with Crippen LogP contribution in [0.4, 0.5) is 11.5 Å². The molecule has 2 aromatic carbocycles. The first-order chi connectivity index (χ1) is 12.5. The molecule has 2 aromatic heterocycles. The number of anilines is 2. The van der Waals surface area contributed by atoms with E-state index < -0.39 is 0 Å². The van der Waals surface area contributed by atoms with Crippen LogP contribution in [0.25, 0.3) is 21.3 Å². The number of hydrogen-bond acceptors (Lipinski definition) is 4. The fourth-order valence-electron chi connectivity index (χ4n) is 3.08. The molecule has 0 saturated carbocycles. The molecule has 4 rings (SSSR count). The predicted molar refractivity (Wildman–Crippen MR) is 112 cm³/mol. The molecule has 26 heavy (non-hydrogen) atoms. The van der Waals surface area contributed by atoms with Crippen LogP contribution in [0.15, 0.2) is 48.5 Å². The predicted octanol–water partition coefficient (Wildman–Crippen LogP) is 6.68. The Hall–Kier alpha value is -2.43. The van der Waals surface area contributed by atoms with Gasteiger partial charge in [0.1, 0.15) is 10.6 Å². The first-order valence-electron chi connectivity index (χ1n) is 8.39. The highest BCUT2D eigenvalue weighted by Crippen LogP contribution is 2.42. The molecule has 5 heteroatoms. The van der Waals surface area contributed by atoms with Crippen molar-refractivity contribution < 1.29 is 0 Å². The molecule has 0 spiro atoms. The lowest BCUT2D eigenvalue weighted by Gasteiger charge is -2.11. The molecular weight excluding hydrogens is 362 g/mol.